The normalized spacial score (nSPS) is 17.7. The Bertz CT molecular complexity index is 726. The molecule has 3 heteroatoms. The van der Waals surface area contributed by atoms with Crippen molar-refractivity contribution in [2.24, 2.45) is 0 Å². The number of amides is 1. The average Bonchev–Trinajstić information content (AvgIpc) is 2.62. The summed E-state index contributed by atoms with van der Waals surface area (Å²) >= 11 is 0. The smallest absolute Gasteiger partial charge is 0.226 e. The fourth-order valence-electron chi connectivity index (χ4n) is 2.98. The molecule has 2 aromatic carbocycles. The van der Waals surface area contributed by atoms with Crippen LogP contribution in [0, 0.1) is 0 Å². The van der Waals surface area contributed by atoms with Crippen LogP contribution in [0.1, 0.15) is 39.7 Å². The van der Waals surface area contributed by atoms with Gasteiger partial charge in [0.2, 0.25) is 5.91 Å². The van der Waals surface area contributed by atoms with Crippen molar-refractivity contribution in [3.05, 3.63) is 48.0 Å². The SMILES string of the molecule is C[C@@H]1CC(=O)Nc2cccc(-c3ccc(C(C)(C)C)cc3)c2N1. The van der Waals surface area contributed by atoms with Gasteiger partial charge >= 0.3 is 0 Å². The average molecular weight is 308 g/mol. The Morgan fingerprint density at radius 3 is 2.39 bits per heavy atom. The van der Waals surface area contributed by atoms with E-state index in [4.69, 9.17) is 0 Å². The van der Waals surface area contributed by atoms with Gasteiger partial charge in [0.15, 0.2) is 0 Å². The number of fused-ring (bicyclic) bond motifs is 1. The Morgan fingerprint density at radius 1 is 1.04 bits per heavy atom. The molecule has 0 radical (unpaired) electrons. The number of benzene rings is 2. The van der Waals surface area contributed by atoms with Crippen molar-refractivity contribution in [3.8, 4) is 11.1 Å². The van der Waals surface area contributed by atoms with Crippen molar-refractivity contribution in [1.29, 1.82) is 0 Å². The molecule has 0 aliphatic carbocycles. The lowest BCUT2D eigenvalue weighted by atomic mass is 9.86. The van der Waals surface area contributed by atoms with Gasteiger partial charge in [0.25, 0.3) is 0 Å². The molecule has 0 aromatic heterocycles. The molecule has 0 saturated carbocycles. The minimum absolute atomic E-state index is 0.0592. The molecule has 1 atom stereocenters. The van der Waals surface area contributed by atoms with E-state index in [2.05, 4.69) is 61.7 Å². The number of hydrogen-bond acceptors (Lipinski definition) is 2. The highest BCUT2D eigenvalue weighted by molar-refractivity contribution is 6.00. The number of anilines is 2. The minimum Gasteiger partial charge on any atom is -0.380 e. The maximum absolute atomic E-state index is 11.9. The van der Waals surface area contributed by atoms with Gasteiger partial charge in [0.05, 0.1) is 11.4 Å². The lowest BCUT2D eigenvalue weighted by Crippen LogP contribution is -2.19. The number of carbonyl (C=O) groups is 1. The van der Waals surface area contributed by atoms with Gasteiger partial charge in [-0.2, -0.15) is 0 Å². The van der Waals surface area contributed by atoms with E-state index in [1.165, 1.54) is 5.56 Å². The summed E-state index contributed by atoms with van der Waals surface area (Å²) in [6.07, 6.45) is 0.483. The van der Waals surface area contributed by atoms with E-state index in [0.29, 0.717) is 6.42 Å². The zero-order chi connectivity index (χ0) is 16.6. The molecule has 1 aliphatic rings. The number of para-hydroxylation sites is 1. The predicted octanol–water partition coefficient (Wildman–Crippen LogP) is 4.79. The van der Waals surface area contributed by atoms with Gasteiger partial charge < -0.3 is 10.6 Å². The van der Waals surface area contributed by atoms with Crippen LogP contribution in [-0.4, -0.2) is 11.9 Å². The third kappa shape index (κ3) is 3.24. The van der Waals surface area contributed by atoms with Crippen molar-refractivity contribution in [2.45, 2.75) is 45.6 Å². The lowest BCUT2D eigenvalue weighted by Gasteiger charge is -2.20. The minimum atomic E-state index is 0.0592. The van der Waals surface area contributed by atoms with Crippen molar-refractivity contribution in [2.75, 3.05) is 10.6 Å². The molecular formula is C20H24N2O. The Kier molecular flexibility index (Phi) is 3.88. The van der Waals surface area contributed by atoms with Crippen molar-refractivity contribution in [3.63, 3.8) is 0 Å². The van der Waals surface area contributed by atoms with Crippen molar-refractivity contribution in [1.82, 2.24) is 0 Å². The fourth-order valence-corrected chi connectivity index (χ4v) is 2.98. The van der Waals surface area contributed by atoms with E-state index in [9.17, 15) is 4.79 Å². The summed E-state index contributed by atoms with van der Waals surface area (Å²) < 4.78 is 0. The highest BCUT2D eigenvalue weighted by atomic mass is 16.1. The molecular weight excluding hydrogens is 284 g/mol. The van der Waals surface area contributed by atoms with E-state index in [1.54, 1.807) is 0 Å². The second kappa shape index (κ2) is 5.73. The maximum atomic E-state index is 11.9. The lowest BCUT2D eigenvalue weighted by molar-refractivity contribution is -0.116. The monoisotopic (exact) mass is 308 g/mol. The van der Waals surface area contributed by atoms with Crippen LogP contribution in [0.15, 0.2) is 42.5 Å². The van der Waals surface area contributed by atoms with Gasteiger partial charge in [-0.05, 0) is 29.5 Å². The van der Waals surface area contributed by atoms with Crippen molar-refractivity contribution >= 4 is 17.3 Å². The van der Waals surface area contributed by atoms with Gasteiger partial charge in [-0.25, -0.2) is 0 Å². The number of carbonyl (C=O) groups excluding carboxylic acids is 1. The summed E-state index contributed by atoms with van der Waals surface area (Å²) in [4.78, 5) is 11.9. The topological polar surface area (TPSA) is 41.1 Å². The van der Waals surface area contributed by atoms with Gasteiger partial charge in [0.1, 0.15) is 0 Å². The molecule has 0 unspecified atom stereocenters. The van der Waals surface area contributed by atoms with E-state index in [0.717, 1.165) is 22.5 Å². The summed E-state index contributed by atoms with van der Waals surface area (Å²) in [5.41, 5.74) is 5.61. The first-order valence-corrected chi connectivity index (χ1v) is 8.15. The summed E-state index contributed by atoms with van der Waals surface area (Å²) in [5, 5.41) is 6.48. The molecule has 23 heavy (non-hydrogen) atoms. The Balaban J connectivity index is 2.04. The Morgan fingerprint density at radius 2 is 1.74 bits per heavy atom. The number of rotatable bonds is 1. The molecule has 2 N–H and O–H groups in total. The molecule has 3 rings (SSSR count). The summed E-state index contributed by atoms with van der Waals surface area (Å²) in [7, 11) is 0. The first-order chi connectivity index (χ1) is 10.8. The molecule has 0 spiro atoms. The van der Waals surface area contributed by atoms with E-state index in [-0.39, 0.29) is 17.4 Å². The standard InChI is InChI=1S/C20H24N2O/c1-13-12-18(23)22-17-7-5-6-16(19(17)21-13)14-8-10-15(11-9-14)20(2,3)4/h5-11,13,21H,12H2,1-4H3,(H,22,23)/t13-/m1/s1. The molecule has 1 aliphatic heterocycles. The van der Waals surface area contributed by atoms with Crippen LogP contribution in [0.3, 0.4) is 0 Å². The molecule has 1 heterocycles. The van der Waals surface area contributed by atoms with Crippen LogP contribution >= 0.6 is 0 Å². The first kappa shape index (κ1) is 15.6. The predicted molar refractivity (Wildman–Crippen MR) is 96.9 cm³/mol. The Labute approximate surface area is 138 Å². The zero-order valence-corrected chi connectivity index (χ0v) is 14.2. The van der Waals surface area contributed by atoms with E-state index in [1.807, 2.05) is 19.1 Å². The third-order valence-corrected chi connectivity index (χ3v) is 4.28. The molecule has 2 aromatic rings. The molecule has 0 bridgehead atoms. The largest absolute Gasteiger partial charge is 0.380 e. The first-order valence-electron chi connectivity index (χ1n) is 8.15. The number of hydrogen-bond donors (Lipinski definition) is 2. The van der Waals surface area contributed by atoms with Gasteiger partial charge in [-0.15, -0.1) is 0 Å². The molecule has 3 nitrogen and oxygen atoms in total. The highest BCUT2D eigenvalue weighted by Crippen LogP contribution is 2.37. The van der Waals surface area contributed by atoms with Crippen LogP contribution in [0.25, 0.3) is 11.1 Å². The summed E-state index contributed by atoms with van der Waals surface area (Å²) in [6, 6.07) is 14.9. The second-order valence-corrected chi connectivity index (χ2v) is 7.35. The van der Waals surface area contributed by atoms with Crippen molar-refractivity contribution < 1.29 is 4.79 Å². The summed E-state index contributed by atoms with van der Waals surface area (Å²) in [6.45, 7) is 8.69. The molecule has 0 saturated heterocycles. The maximum Gasteiger partial charge on any atom is 0.226 e. The van der Waals surface area contributed by atoms with Crippen LogP contribution in [0.2, 0.25) is 0 Å². The van der Waals surface area contributed by atoms with E-state index >= 15 is 0 Å². The second-order valence-electron chi connectivity index (χ2n) is 7.35. The van der Waals surface area contributed by atoms with Crippen LogP contribution in [0.4, 0.5) is 11.4 Å². The molecule has 120 valence electrons. The molecule has 0 fully saturated rings. The van der Waals surface area contributed by atoms with Crippen LogP contribution in [-0.2, 0) is 10.2 Å². The van der Waals surface area contributed by atoms with Crippen LogP contribution in [0.5, 0.6) is 0 Å². The molecule has 1 amide bonds. The quantitative estimate of drug-likeness (QED) is 0.795. The van der Waals surface area contributed by atoms with Gasteiger partial charge in [-0.1, -0.05) is 57.2 Å². The number of nitrogens with one attached hydrogen (secondary N) is 2. The Hall–Kier alpha value is -2.29. The summed E-state index contributed by atoms with van der Waals surface area (Å²) in [5.74, 6) is 0.0592. The highest BCUT2D eigenvalue weighted by Gasteiger charge is 2.20. The van der Waals surface area contributed by atoms with E-state index < -0.39 is 0 Å². The van der Waals surface area contributed by atoms with Gasteiger partial charge in [0, 0.05) is 18.0 Å². The van der Waals surface area contributed by atoms with Gasteiger partial charge in [-0.3, -0.25) is 4.79 Å². The fraction of sp³-hybridized carbons (Fsp3) is 0.350. The zero-order valence-electron chi connectivity index (χ0n) is 14.2. The van der Waals surface area contributed by atoms with Crippen LogP contribution < -0.4 is 10.6 Å². The third-order valence-electron chi connectivity index (χ3n) is 4.28.